The highest BCUT2D eigenvalue weighted by Gasteiger charge is 2.26. The smallest absolute Gasteiger partial charge is 0.408 e. The van der Waals surface area contributed by atoms with Gasteiger partial charge in [0.25, 0.3) is 5.91 Å². The maximum Gasteiger partial charge on any atom is 0.408 e. The van der Waals surface area contributed by atoms with Gasteiger partial charge in [-0.3, -0.25) is 9.78 Å². The minimum atomic E-state index is -1.13. The summed E-state index contributed by atoms with van der Waals surface area (Å²) in [5.41, 5.74) is 5.30. The molecule has 1 atom stereocenters. The predicted molar refractivity (Wildman–Crippen MR) is 94.9 cm³/mol. The molecule has 11 nitrogen and oxygen atoms in total. The molecule has 0 aliphatic heterocycles. The Morgan fingerprint density at radius 2 is 2.07 bits per heavy atom. The zero-order valence-electron chi connectivity index (χ0n) is 15.6. The average Bonchev–Trinajstić information content (AvgIpc) is 3.01. The highest BCUT2D eigenvalue weighted by molar-refractivity contribution is 5.91. The number of nitriles is 1. The molecular formula is C17H20N6O5. The van der Waals surface area contributed by atoms with Gasteiger partial charge < -0.3 is 24.9 Å². The number of imidazole rings is 1. The number of ether oxygens (including phenoxy) is 2. The summed E-state index contributed by atoms with van der Waals surface area (Å²) in [6, 6.07) is 0.555. The number of alkyl carbamates (subject to hydrolysis) is 1. The molecule has 0 aliphatic carbocycles. The number of rotatable bonds is 6. The summed E-state index contributed by atoms with van der Waals surface area (Å²) < 4.78 is 11.5. The van der Waals surface area contributed by atoms with E-state index in [4.69, 9.17) is 20.5 Å². The molecule has 0 saturated carbocycles. The minimum Gasteiger partial charge on any atom is -0.449 e. The van der Waals surface area contributed by atoms with Crippen molar-refractivity contribution in [3.8, 4) is 6.07 Å². The van der Waals surface area contributed by atoms with E-state index in [9.17, 15) is 14.4 Å². The fourth-order valence-electron chi connectivity index (χ4n) is 2.22. The van der Waals surface area contributed by atoms with Gasteiger partial charge in [-0.1, -0.05) is 0 Å². The monoisotopic (exact) mass is 388 g/mol. The van der Waals surface area contributed by atoms with Crippen LogP contribution in [-0.4, -0.2) is 50.6 Å². The van der Waals surface area contributed by atoms with Crippen molar-refractivity contribution in [1.82, 2.24) is 19.7 Å². The van der Waals surface area contributed by atoms with Crippen molar-refractivity contribution in [2.75, 3.05) is 6.61 Å². The molecule has 0 saturated heterocycles. The summed E-state index contributed by atoms with van der Waals surface area (Å²) in [7, 11) is 0. The second-order valence-electron chi connectivity index (χ2n) is 6.80. The second-order valence-corrected chi connectivity index (χ2v) is 6.80. The van der Waals surface area contributed by atoms with E-state index in [1.165, 1.54) is 23.0 Å². The number of nitrogens with two attached hydrogens (primary N) is 1. The Labute approximate surface area is 160 Å². The molecule has 0 aliphatic rings. The Morgan fingerprint density at radius 3 is 2.68 bits per heavy atom. The fourth-order valence-corrected chi connectivity index (χ4v) is 2.22. The van der Waals surface area contributed by atoms with Crippen LogP contribution in [0.5, 0.6) is 0 Å². The van der Waals surface area contributed by atoms with Gasteiger partial charge in [0.2, 0.25) is 0 Å². The van der Waals surface area contributed by atoms with Crippen molar-refractivity contribution in [2.45, 2.75) is 38.8 Å². The molecule has 28 heavy (non-hydrogen) atoms. The third-order valence-electron chi connectivity index (χ3n) is 3.32. The molecular weight excluding hydrogens is 368 g/mol. The summed E-state index contributed by atoms with van der Waals surface area (Å²) in [6.07, 6.45) is 3.51. The molecule has 2 heterocycles. The number of carbonyl (C=O) groups is 3. The molecule has 148 valence electrons. The maximum atomic E-state index is 12.2. The van der Waals surface area contributed by atoms with Crippen molar-refractivity contribution < 1.29 is 23.9 Å². The van der Waals surface area contributed by atoms with Crippen molar-refractivity contribution >= 4 is 23.6 Å². The van der Waals surface area contributed by atoms with Crippen LogP contribution in [0.3, 0.4) is 0 Å². The lowest BCUT2D eigenvalue weighted by Gasteiger charge is -2.22. The molecule has 0 fully saturated rings. The molecule has 0 radical (unpaired) electrons. The van der Waals surface area contributed by atoms with Crippen molar-refractivity contribution in [3.05, 3.63) is 30.0 Å². The van der Waals surface area contributed by atoms with Crippen LogP contribution in [0.15, 0.2) is 18.6 Å². The number of aromatic nitrogens is 3. The van der Waals surface area contributed by atoms with Crippen LogP contribution in [0.1, 0.15) is 37.0 Å². The van der Waals surface area contributed by atoms with Gasteiger partial charge in [-0.2, -0.15) is 5.26 Å². The number of esters is 1. The van der Waals surface area contributed by atoms with E-state index in [1.807, 2.05) is 0 Å². The van der Waals surface area contributed by atoms with E-state index >= 15 is 0 Å². The largest absolute Gasteiger partial charge is 0.449 e. The van der Waals surface area contributed by atoms with Gasteiger partial charge in [0.1, 0.15) is 23.4 Å². The van der Waals surface area contributed by atoms with E-state index in [-0.39, 0.29) is 12.1 Å². The Morgan fingerprint density at radius 1 is 1.36 bits per heavy atom. The number of nitrogens with zero attached hydrogens (tertiary/aromatic N) is 4. The molecule has 3 N–H and O–H groups in total. The minimum absolute atomic E-state index is 0.0382. The second kappa shape index (κ2) is 8.34. The average molecular weight is 388 g/mol. The SMILES string of the molecule is CC(C)(C)OC(=O)N[C@@H](Cc1cn2cc(C(N)=O)nc2cn1)C(=O)OCC#N. The molecule has 2 amide bonds. The summed E-state index contributed by atoms with van der Waals surface area (Å²) in [6.45, 7) is 4.59. The molecule has 0 unspecified atom stereocenters. The van der Waals surface area contributed by atoms with Crippen LogP contribution in [0.4, 0.5) is 4.79 Å². The standard InChI is InChI=1S/C17H20N6O5/c1-17(2,3)28-16(26)22-11(15(25)27-5-4-18)6-10-8-23-9-12(14(19)24)21-13(23)7-20-10/h7-9,11H,5-6H2,1-3H3,(H2,19,24)(H,22,26)/t11-/m0/s1. The molecule has 0 spiro atoms. The highest BCUT2D eigenvalue weighted by atomic mass is 16.6. The summed E-state index contributed by atoms with van der Waals surface area (Å²) in [5, 5.41) is 11.0. The molecule has 2 aromatic rings. The van der Waals surface area contributed by atoms with E-state index < -0.39 is 36.2 Å². The molecule has 2 aromatic heterocycles. The maximum absolute atomic E-state index is 12.2. The van der Waals surface area contributed by atoms with Gasteiger partial charge in [-0.25, -0.2) is 14.6 Å². The normalized spacial score (nSPS) is 12.1. The first-order chi connectivity index (χ1) is 13.1. The van der Waals surface area contributed by atoms with E-state index in [0.29, 0.717) is 11.3 Å². The lowest BCUT2D eigenvalue weighted by molar-refractivity contribution is -0.144. The molecule has 11 heteroatoms. The van der Waals surface area contributed by atoms with Crippen molar-refractivity contribution in [1.29, 1.82) is 5.26 Å². The molecule has 2 rings (SSSR count). The van der Waals surface area contributed by atoms with Crippen LogP contribution < -0.4 is 11.1 Å². The number of hydrogen-bond acceptors (Lipinski definition) is 8. The van der Waals surface area contributed by atoms with Crippen molar-refractivity contribution in [2.24, 2.45) is 5.73 Å². The lowest BCUT2D eigenvalue weighted by atomic mass is 10.1. The van der Waals surface area contributed by atoms with Crippen LogP contribution >= 0.6 is 0 Å². The van der Waals surface area contributed by atoms with Gasteiger partial charge in [-0.15, -0.1) is 0 Å². The first kappa shape index (κ1) is 20.6. The fraction of sp³-hybridized carbons (Fsp3) is 0.412. The Bertz CT molecular complexity index is 940. The van der Waals surface area contributed by atoms with Crippen molar-refractivity contribution in [3.63, 3.8) is 0 Å². The third-order valence-corrected chi connectivity index (χ3v) is 3.32. The van der Waals surface area contributed by atoms with Gasteiger partial charge in [-0.05, 0) is 20.8 Å². The van der Waals surface area contributed by atoms with E-state index in [0.717, 1.165) is 0 Å². The van der Waals surface area contributed by atoms with Crippen LogP contribution in [0.2, 0.25) is 0 Å². The van der Waals surface area contributed by atoms with Gasteiger partial charge in [0.15, 0.2) is 12.3 Å². The van der Waals surface area contributed by atoms with Gasteiger partial charge in [0.05, 0.1) is 11.9 Å². The topological polar surface area (TPSA) is 162 Å². The molecule has 0 aromatic carbocycles. The quantitative estimate of drug-likeness (QED) is 0.669. The number of hydrogen-bond donors (Lipinski definition) is 2. The van der Waals surface area contributed by atoms with E-state index in [2.05, 4.69) is 15.3 Å². The zero-order chi connectivity index (χ0) is 20.9. The predicted octanol–water partition coefficient (Wildman–Crippen LogP) is 0.331. The number of nitrogens with one attached hydrogen (secondary N) is 1. The third kappa shape index (κ3) is 5.66. The highest BCUT2D eigenvalue weighted by Crippen LogP contribution is 2.10. The van der Waals surface area contributed by atoms with Gasteiger partial charge >= 0.3 is 12.1 Å². The summed E-state index contributed by atoms with van der Waals surface area (Å²) in [5.74, 6) is -1.49. The van der Waals surface area contributed by atoms with Crippen LogP contribution in [0.25, 0.3) is 5.65 Å². The van der Waals surface area contributed by atoms with E-state index in [1.54, 1.807) is 26.8 Å². The number of fused-ring (bicyclic) bond motifs is 1. The summed E-state index contributed by atoms with van der Waals surface area (Å²) in [4.78, 5) is 43.7. The number of carbonyl (C=O) groups excluding carboxylic acids is 3. The molecule has 0 bridgehead atoms. The van der Waals surface area contributed by atoms with Crippen LogP contribution in [0, 0.1) is 11.3 Å². The van der Waals surface area contributed by atoms with Crippen LogP contribution in [-0.2, 0) is 20.7 Å². The number of primary amides is 1. The summed E-state index contributed by atoms with van der Waals surface area (Å²) >= 11 is 0. The van der Waals surface area contributed by atoms with Gasteiger partial charge in [0, 0.05) is 18.8 Å². The first-order valence-corrected chi connectivity index (χ1v) is 8.25. The lowest BCUT2D eigenvalue weighted by Crippen LogP contribution is -2.45. The number of amides is 2. The first-order valence-electron chi connectivity index (χ1n) is 8.25. The Hall–Kier alpha value is -3.68. The Kier molecular flexibility index (Phi) is 6.15. The Balaban J connectivity index is 2.21. The zero-order valence-corrected chi connectivity index (χ0v) is 15.6.